The Hall–Kier alpha value is -2.75. The number of aryl methyl sites for hydroxylation is 1. The van der Waals surface area contributed by atoms with Crippen molar-refractivity contribution in [3.8, 4) is 0 Å². The van der Waals surface area contributed by atoms with Gasteiger partial charge in [0.15, 0.2) is 0 Å². The Morgan fingerprint density at radius 2 is 1.77 bits per heavy atom. The lowest BCUT2D eigenvalue weighted by Crippen LogP contribution is -2.50. The van der Waals surface area contributed by atoms with E-state index in [1.54, 1.807) is 33.7 Å². The van der Waals surface area contributed by atoms with E-state index in [1.807, 2.05) is 37.3 Å². The Morgan fingerprint density at radius 1 is 1.06 bits per heavy atom. The molecule has 1 saturated heterocycles. The number of nitrogens with zero attached hydrogens (tertiary/aromatic N) is 3. The van der Waals surface area contributed by atoms with Crippen LogP contribution < -0.4 is 4.87 Å². The number of benzene rings is 2. The molecule has 0 spiro atoms. The molecule has 0 atom stereocenters. The van der Waals surface area contributed by atoms with E-state index < -0.39 is 10.0 Å². The molecule has 9 heteroatoms. The van der Waals surface area contributed by atoms with Crippen LogP contribution in [0.1, 0.15) is 12.5 Å². The van der Waals surface area contributed by atoms with Gasteiger partial charge in [-0.1, -0.05) is 41.7 Å². The molecule has 1 amide bonds. The first-order chi connectivity index (χ1) is 14.9. The molecule has 0 bridgehead atoms. The molecule has 7 nitrogen and oxygen atoms in total. The molecule has 2 heterocycles. The Labute approximate surface area is 184 Å². The molecule has 2 aromatic carbocycles. The summed E-state index contributed by atoms with van der Waals surface area (Å²) in [5.74, 6) is -0.131. The normalized spacial score (nSPS) is 15.7. The highest BCUT2D eigenvalue weighted by Gasteiger charge is 2.30. The summed E-state index contributed by atoms with van der Waals surface area (Å²) < 4.78 is 29.9. The summed E-state index contributed by atoms with van der Waals surface area (Å²) in [5.41, 5.74) is 1.68. The van der Waals surface area contributed by atoms with Gasteiger partial charge in [0, 0.05) is 38.8 Å². The van der Waals surface area contributed by atoms with Gasteiger partial charge >= 0.3 is 4.87 Å². The van der Waals surface area contributed by atoms with Gasteiger partial charge in [-0.3, -0.25) is 14.2 Å². The van der Waals surface area contributed by atoms with Gasteiger partial charge in [-0.15, -0.1) is 0 Å². The van der Waals surface area contributed by atoms with E-state index in [4.69, 9.17) is 0 Å². The number of piperazine rings is 1. The van der Waals surface area contributed by atoms with Crippen molar-refractivity contribution in [2.24, 2.45) is 0 Å². The van der Waals surface area contributed by atoms with E-state index in [-0.39, 0.29) is 28.8 Å². The minimum Gasteiger partial charge on any atom is -0.337 e. The summed E-state index contributed by atoms with van der Waals surface area (Å²) in [5, 5.41) is 0. The van der Waals surface area contributed by atoms with Crippen LogP contribution in [0.3, 0.4) is 0 Å². The van der Waals surface area contributed by atoms with Gasteiger partial charge < -0.3 is 4.90 Å². The molecule has 1 aliphatic rings. The predicted molar refractivity (Wildman–Crippen MR) is 123 cm³/mol. The van der Waals surface area contributed by atoms with E-state index in [1.165, 1.54) is 10.4 Å². The number of sulfonamides is 1. The van der Waals surface area contributed by atoms with Gasteiger partial charge in [0.1, 0.15) is 0 Å². The average molecular weight is 458 g/mol. The maximum absolute atomic E-state index is 13.1. The molecule has 162 valence electrons. The molecule has 0 aliphatic carbocycles. The predicted octanol–water partition coefficient (Wildman–Crippen LogP) is 2.63. The Balaban J connectivity index is 1.45. The minimum atomic E-state index is -3.70. The zero-order chi connectivity index (χ0) is 22.0. The third kappa shape index (κ3) is 4.34. The highest BCUT2D eigenvalue weighted by molar-refractivity contribution is 7.89. The fraction of sp³-hybridized carbons (Fsp3) is 0.273. The standard InChI is InChI=1S/C22H23N3O4S2/c1-2-25-19-10-9-18(16-20(19)30-22(25)27)31(28,29)24-14-12-23(13-15-24)21(26)11-8-17-6-4-3-5-7-17/h3-11,16H,2,12-15H2,1H3/b11-8+. The molecule has 1 aromatic heterocycles. The number of carbonyl (C=O) groups is 1. The molecule has 0 N–H and O–H groups in total. The number of aromatic nitrogens is 1. The van der Waals surface area contributed by atoms with Crippen molar-refractivity contribution >= 4 is 43.6 Å². The lowest BCUT2D eigenvalue weighted by molar-refractivity contribution is -0.127. The third-order valence-electron chi connectivity index (χ3n) is 5.36. The van der Waals surface area contributed by atoms with Crippen LogP contribution in [0.5, 0.6) is 0 Å². The molecule has 0 unspecified atom stereocenters. The van der Waals surface area contributed by atoms with Crippen molar-refractivity contribution in [3.63, 3.8) is 0 Å². The van der Waals surface area contributed by atoms with Crippen LogP contribution in [0.25, 0.3) is 16.3 Å². The number of fused-ring (bicyclic) bond motifs is 1. The largest absolute Gasteiger partial charge is 0.337 e. The summed E-state index contributed by atoms with van der Waals surface area (Å²) in [6, 6.07) is 14.4. The molecular weight excluding hydrogens is 434 g/mol. The van der Waals surface area contributed by atoms with E-state index >= 15 is 0 Å². The number of hydrogen-bond donors (Lipinski definition) is 0. The molecule has 31 heavy (non-hydrogen) atoms. The number of rotatable bonds is 5. The zero-order valence-electron chi connectivity index (χ0n) is 17.1. The summed E-state index contributed by atoms with van der Waals surface area (Å²) >= 11 is 1.05. The lowest BCUT2D eigenvalue weighted by Gasteiger charge is -2.33. The first-order valence-electron chi connectivity index (χ1n) is 10.1. The van der Waals surface area contributed by atoms with Crippen molar-refractivity contribution in [2.45, 2.75) is 18.4 Å². The number of amides is 1. The van der Waals surface area contributed by atoms with Crippen LogP contribution in [0.2, 0.25) is 0 Å². The molecule has 0 radical (unpaired) electrons. The van der Waals surface area contributed by atoms with E-state index in [2.05, 4.69) is 0 Å². The minimum absolute atomic E-state index is 0.0947. The lowest BCUT2D eigenvalue weighted by atomic mass is 10.2. The monoisotopic (exact) mass is 457 g/mol. The van der Waals surface area contributed by atoms with Gasteiger partial charge in [-0.05, 0) is 36.8 Å². The van der Waals surface area contributed by atoms with Gasteiger partial charge in [-0.2, -0.15) is 4.31 Å². The topological polar surface area (TPSA) is 79.7 Å². The average Bonchev–Trinajstić information content (AvgIpc) is 3.12. The molecule has 1 fully saturated rings. The SMILES string of the molecule is CCn1c(=O)sc2cc(S(=O)(=O)N3CCN(C(=O)/C=C/c4ccccc4)CC3)ccc21. The van der Waals surface area contributed by atoms with Crippen molar-refractivity contribution in [2.75, 3.05) is 26.2 Å². The van der Waals surface area contributed by atoms with Gasteiger partial charge in [-0.25, -0.2) is 8.42 Å². The van der Waals surface area contributed by atoms with Crippen molar-refractivity contribution < 1.29 is 13.2 Å². The van der Waals surface area contributed by atoms with Crippen molar-refractivity contribution in [1.82, 2.24) is 13.8 Å². The van der Waals surface area contributed by atoms with Crippen LogP contribution >= 0.6 is 11.3 Å². The summed E-state index contributed by atoms with van der Waals surface area (Å²) in [7, 11) is -3.70. The zero-order valence-corrected chi connectivity index (χ0v) is 18.7. The molecule has 1 aliphatic heterocycles. The molecule has 4 rings (SSSR count). The Bertz CT molecular complexity index is 1290. The van der Waals surface area contributed by atoms with Crippen molar-refractivity contribution in [3.05, 3.63) is 69.8 Å². The van der Waals surface area contributed by atoms with Crippen LogP contribution in [0.4, 0.5) is 0 Å². The maximum atomic E-state index is 13.1. The molecule has 3 aromatic rings. The van der Waals surface area contributed by atoms with Crippen molar-refractivity contribution in [1.29, 1.82) is 0 Å². The fourth-order valence-corrected chi connectivity index (χ4v) is 6.16. The van der Waals surface area contributed by atoms with E-state index in [9.17, 15) is 18.0 Å². The number of carbonyl (C=O) groups excluding carboxylic acids is 1. The highest BCUT2D eigenvalue weighted by atomic mass is 32.2. The maximum Gasteiger partial charge on any atom is 0.308 e. The molecular formula is C22H23N3O4S2. The smallest absolute Gasteiger partial charge is 0.308 e. The van der Waals surface area contributed by atoms with Crippen LogP contribution in [0, 0.1) is 0 Å². The van der Waals surface area contributed by atoms with E-state index in [0.29, 0.717) is 24.3 Å². The number of hydrogen-bond acceptors (Lipinski definition) is 5. The summed E-state index contributed by atoms with van der Waals surface area (Å²) in [6.07, 6.45) is 3.28. The first kappa shape index (κ1) is 21.5. The van der Waals surface area contributed by atoms with Gasteiger partial charge in [0.2, 0.25) is 15.9 Å². The highest BCUT2D eigenvalue weighted by Crippen LogP contribution is 2.24. The molecule has 0 saturated carbocycles. The Morgan fingerprint density at radius 3 is 2.45 bits per heavy atom. The summed E-state index contributed by atoms with van der Waals surface area (Å²) in [4.78, 5) is 26.2. The number of thiazole rings is 1. The van der Waals surface area contributed by atoms with Crippen LogP contribution in [-0.2, 0) is 21.4 Å². The van der Waals surface area contributed by atoms with Gasteiger partial charge in [0.25, 0.3) is 0 Å². The second-order valence-electron chi connectivity index (χ2n) is 7.22. The second-order valence-corrected chi connectivity index (χ2v) is 10.1. The Kier molecular flexibility index (Phi) is 6.08. The van der Waals surface area contributed by atoms with Crippen LogP contribution in [-0.4, -0.2) is 54.3 Å². The van der Waals surface area contributed by atoms with Crippen LogP contribution in [0.15, 0.2) is 64.3 Å². The third-order valence-corrected chi connectivity index (χ3v) is 8.20. The first-order valence-corrected chi connectivity index (χ1v) is 12.3. The summed E-state index contributed by atoms with van der Waals surface area (Å²) in [6.45, 7) is 3.56. The quantitative estimate of drug-likeness (QED) is 0.552. The van der Waals surface area contributed by atoms with Gasteiger partial charge in [0.05, 0.1) is 15.1 Å². The second kappa shape index (κ2) is 8.78. The fourth-order valence-electron chi connectivity index (χ4n) is 3.64. The van der Waals surface area contributed by atoms with E-state index in [0.717, 1.165) is 22.4 Å².